The van der Waals surface area contributed by atoms with E-state index in [2.05, 4.69) is 21.2 Å². The maximum Gasteiger partial charge on any atom is 0.209 e. The lowest BCUT2D eigenvalue weighted by Crippen LogP contribution is -2.22. The Morgan fingerprint density at radius 1 is 1.25 bits per heavy atom. The Labute approximate surface area is 139 Å². The largest absolute Gasteiger partial charge is 0.439 e. The molecule has 0 aliphatic carbocycles. The summed E-state index contributed by atoms with van der Waals surface area (Å²) in [4.78, 5) is 6.76. The molecule has 124 valence electrons. The van der Waals surface area contributed by atoms with E-state index in [1.807, 2.05) is 17.9 Å². The highest BCUT2D eigenvalue weighted by molar-refractivity contribution is 5.55. The molecular weight excluding hydrogens is 307 g/mol. The van der Waals surface area contributed by atoms with Crippen LogP contribution in [0.5, 0.6) is 0 Å². The number of rotatable bonds is 4. The minimum absolute atomic E-state index is 0.255. The fraction of sp³-hybridized carbons (Fsp3) is 0.333. The van der Waals surface area contributed by atoms with Crippen LogP contribution < -0.4 is 0 Å². The molecule has 4 rings (SSSR count). The van der Waals surface area contributed by atoms with Crippen molar-refractivity contribution in [1.29, 1.82) is 0 Å². The van der Waals surface area contributed by atoms with Crippen LogP contribution in [0.25, 0.3) is 11.3 Å². The van der Waals surface area contributed by atoms with Crippen LogP contribution in [-0.2, 0) is 13.6 Å². The van der Waals surface area contributed by atoms with Gasteiger partial charge in [-0.05, 0) is 43.7 Å². The maximum atomic E-state index is 13.0. The molecule has 5 nitrogen and oxygen atoms in total. The fourth-order valence-corrected chi connectivity index (χ4v) is 3.31. The number of likely N-dealkylation sites (tertiary alicyclic amines) is 1. The van der Waals surface area contributed by atoms with Crippen molar-refractivity contribution in [3.05, 3.63) is 60.1 Å². The molecule has 1 saturated heterocycles. The quantitative estimate of drug-likeness (QED) is 0.735. The molecule has 0 radical (unpaired) electrons. The molecule has 0 unspecified atom stereocenters. The molecule has 0 saturated carbocycles. The van der Waals surface area contributed by atoms with Gasteiger partial charge in [0, 0.05) is 30.4 Å². The van der Waals surface area contributed by atoms with Crippen LogP contribution in [0.2, 0.25) is 0 Å². The Hall–Kier alpha value is -2.47. The van der Waals surface area contributed by atoms with Crippen LogP contribution in [0.15, 0.2) is 47.3 Å². The third-order valence-corrected chi connectivity index (χ3v) is 4.49. The van der Waals surface area contributed by atoms with Gasteiger partial charge >= 0.3 is 0 Å². The van der Waals surface area contributed by atoms with Crippen molar-refractivity contribution >= 4 is 0 Å². The zero-order valence-electron chi connectivity index (χ0n) is 13.5. The molecule has 0 spiro atoms. The van der Waals surface area contributed by atoms with Gasteiger partial charge in [0.15, 0.2) is 5.76 Å². The van der Waals surface area contributed by atoms with Gasteiger partial charge in [-0.1, -0.05) is 0 Å². The Morgan fingerprint density at radius 3 is 2.83 bits per heavy atom. The molecular formula is C18H19FN4O. The number of oxazole rings is 1. The minimum atomic E-state index is -0.255. The van der Waals surface area contributed by atoms with Crippen molar-refractivity contribution in [2.45, 2.75) is 25.4 Å². The average Bonchev–Trinajstić information content (AvgIpc) is 3.30. The molecule has 1 fully saturated rings. The first kappa shape index (κ1) is 15.1. The Bertz CT molecular complexity index is 824. The minimum Gasteiger partial charge on any atom is -0.439 e. The summed E-state index contributed by atoms with van der Waals surface area (Å²) in [5, 5.41) is 4.27. The first-order chi connectivity index (χ1) is 11.7. The van der Waals surface area contributed by atoms with E-state index in [-0.39, 0.29) is 5.82 Å². The van der Waals surface area contributed by atoms with Gasteiger partial charge in [0.05, 0.1) is 18.9 Å². The van der Waals surface area contributed by atoms with Crippen LogP contribution in [0.1, 0.15) is 30.3 Å². The van der Waals surface area contributed by atoms with Gasteiger partial charge in [0.25, 0.3) is 0 Å². The molecule has 24 heavy (non-hydrogen) atoms. The molecule has 6 heteroatoms. The molecule has 0 amide bonds. The normalized spacial score (nSPS) is 18.3. The molecule has 3 heterocycles. The van der Waals surface area contributed by atoms with E-state index in [0.29, 0.717) is 24.2 Å². The lowest BCUT2D eigenvalue weighted by atomic mass is 10.1. The summed E-state index contributed by atoms with van der Waals surface area (Å²) < 4.78 is 20.7. The topological polar surface area (TPSA) is 47.1 Å². The summed E-state index contributed by atoms with van der Waals surface area (Å²) >= 11 is 0. The van der Waals surface area contributed by atoms with Crippen LogP contribution in [0.3, 0.4) is 0 Å². The number of benzene rings is 1. The second-order valence-corrected chi connectivity index (χ2v) is 6.20. The SMILES string of the molecule is Cn1cc([C@H]2CCCN2Cc2ncc(-c3ccc(F)cc3)o2)cn1. The molecule has 1 aliphatic heterocycles. The monoisotopic (exact) mass is 326 g/mol. The van der Waals surface area contributed by atoms with Gasteiger partial charge in [0.2, 0.25) is 5.89 Å². The van der Waals surface area contributed by atoms with E-state index < -0.39 is 0 Å². The molecule has 2 aromatic heterocycles. The third-order valence-electron chi connectivity index (χ3n) is 4.49. The van der Waals surface area contributed by atoms with E-state index in [4.69, 9.17) is 4.42 Å². The summed E-state index contributed by atoms with van der Waals surface area (Å²) in [6.45, 7) is 1.69. The van der Waals surface area contributed by atoms with Gasteiger partial charge < -0.3 is 4.42 Å². The van der Waals surface area contributed by atoms with E-state index in [1.165, 1.54) is 17.7 Å². The van der Waals surface area contributed by atoms with Crippen LogP contribution in [0.4, 0.5) is 4.39 Å². The molecule has 1 aromatic carbocycles. The number of nitrogens with zero attached hydrogens (tertiary/aromatic N) is 4. The third kappa shape index (κ3) is 2.97. The fourth-order valence-electron chi connectivity index (χ4n) is 3.31. The summed E-state index contributed by atoms with van der Waals surface area (Å²) in [7, 11) is 1.94. The van der Waals surface area contributed by atoms with Crippen molar-refractivity contribution in [1.82, 2.24) is 19.7 Å². The molecule has 0 bridgehead atoms. The average molecular weight is 326 g/mol. The van der Waals surface area contributed by atoms with E-state index >= 15 is 0 Å². The first-order valence-corrected chi connectivity index (χ1v) is 8.12. The maximum absolute atomic E-state index is 13.0. The Kier molecular flexibility index (Phi) is 3.90. The zero-order valence-corrected chi connectivity index (χ0v) is 13.5. The highest BCUT2D eigenvalue weighted by Crippen LogP contribution is 2.33. The lowest BCUT2D eigenvalue weighted by molar-refractivity contribution is 0.224. The van der Waals surface area contributed by atoms with E-state index in [1.54, 1.807) is 18.3 Å². The molecule has 1 atom stereocenters. The molecule has 3 aromatic rings. The standard InChI is InChI=1S/C18H19FN4O/c1-22-11-14(9-21-22)16-3-2-8-23(16)12-18-20-10-17(24-18)13-4-6-15(19)7-5-13/h4-7,9-11,16H,2-3,8,12H2,1H3/t16-/m1/s1. The summed E-state index contributed by atoms with van der Waals surface area (Å²) in [5.41, 5.74) is 2.07. The smallest absolute Gasteiger partial charge is 0.209 e. The molecule has 1 aliphatic rings. The van der Waals surface area contributed by atoms with Crippen LogP contribution >= 0.6 is 0 Å². The van der Waals surface area contributed by atoms with Gasteiger partial charge in [0.1, 0.15) is 5.82 Å². The summed E-state index contributed by atoms with van der Waals surface area (Å²) in [6.07, 6.45) is 7.99. The number of aryl methyl sites for hydroxylation is 1. The Balaban J connectivity index is 1.50. The first-order valence-electron chi connectivity index (χ1n) is 8.12. The highest BCUT2D eigenvalue weighted by atomic mass is 19.1. The van der Waals surface area contributed by atoms with Crippen LogP contribution in [-0.4, -0.2) is 26.2 Å². The van der Waals surface area contributed by atoms with Crippen molar-refractivity contribution in [3.63, 3.8) is 0 Å². The number of halogens is 1. The Morgan fingerprint density at radius 2 is 2.08 bits per heavy atom. The summed E-state index contributed by atoms with van der Waals surface area (Å²) in [6, 6.07) is 6.62. The highest BCUT2D eigenvalue weighted by Gasteiger charge is 2.28. The predicted octanol–water partition coefficient (Wildman–Crippen LogP) is 3.55. The van der Waals surface area contributed by atoms with Gasteiger partial charge in [-0.2, -0.15) is 5.10 Å². The van der Waals surface area contributed by atoms with Crippen molar-refractivity contribution in [2.24, 2.45) is 7.05 Å². The van der Waals surface area contributed by atoms with Gasteiger partial charge in [-0.15, -0.1) is 0 Å². The van der Waals surface area contributed by atoms with E-state index in [9.17, 15) is 4.39 Å². The van der Waals surface area contributed by atoms with Crippen molar-refractivity contribution in [3.8, 4) is 11.3 Å². The van der Waals surface area contributed by atoms with E-state index in [0.717, 1.165) is 24.9 Å². The van der Waals surface area contributed by atoms with Gasteiger partial charge in [-0.3, -0.25) is 9.58 Å². The van der Waals surface area contributed by atoms with Crippen LogP contribution in [0, 0.1) is 5.82 Å². The molecule has 0 N–H and O–H groups in total. The number of hydrogen-bond acceptors (Lipinski definition) is 4. The summed E-state index contributed by atoms with van der Waals surface area (Å²) in [5.74, 6) is 1.10. The second kappa shape index (κ2) is 6.20. The second-order valence-electron chi connectivity index (χ2n) is 6.20. The van der Waals surface area contributed by atoms with Gasteiger partial charge in [-0.25, -0.2) is 9.37 Å². The van der Waals surface area contributed by atoms with Crippen molar-refractivity contribution < 1.29 is 8.81 Å². The predicted molar refractivity (Wildman–Crippen MR) is 87.5 cm³/mol. The number of aromatic nitrogens is 3. The van der Waals surface area contributed by atoms with Crippen molar-refractivity contribution in [2.75, 3.05) is 6.54 Å². The lowest BCUT2D eigenvalue weighted by Gasteiger charge is -2.21. The number of hydrogen-bond donors (Lipinski definition) is 0. The zero-order chi connectivity index (χ0) is 16.5.